The molecular formula is C14H23N3OS. The molecule has 1 aliphatic rings. The maximum atomic E-state index is 12.1. The predicted octanol–water partition coefficient (Wildman–Crippen LogP) is 2.55. The van der Waals surface area contributed by atoms with Crippen LogP contribution in [0.25, 0.3) is 0 Å². The molecule has 2 unspecified atom stereocenters. The number of carbonyl (C=O) groups excluding carboxylic acids is 1. The quantitative estimate of drug-likeness (QED) is 0.872. The Hall–Kier alpha value is -0.940. The van der Waals surface area contributed by atoms with E-state index in [1.165, 1.54) is 12.8 Å². The van der Waals surface area contributed by atoms with Gasteiger partial charge in [-0.15, -0.1) is 11.3 Å². The first-order chi connectivity index (χ1) is 9.06. The number of aromatic nitrogens is 1. The largest absolute Gasteiger partial charge is 0.352 e. The van der Waals surface area contributed by atoms with Gasteiger partial charge in [-0.25, -0.2) is 4.98 Å². The number of rotatable bonds is 5. The Morgan fingerprint density at radius 3 is 2.68 bits per heavy atom. The number of hydrogen-bond donors (Lipinski definition) is 2. The SMILES string of the molecule is Cc1csc(C(C)NC(C)C(=O)NC2CCCC2)n1. The molecule has 2 rings (SSSR count). The molecule has 2 N–H and O–H groups in total. The zero-order chi connectivity index (χ0) is 13.8. The summed E-state index contributed by atoms with van der Waals surface area (Å²) in [7, 11) is 0. The van der Waals surface area contributed by atoms with Gasteiger partial charge in [0, 0.05) is 17.1 Å². The van der Waals surface area contributed by atoms with Gasteiger partial charge in [0.25, 0.3) is 0 Å². The van der Waals surface area contributed by atoms with Crippen LogP contribution in [0.5, 0.6) is 0 Å². The van der Waals surface area contributed by atoms with Gasteiger partial charge in [-0.3, -0.25) is 10.1 Å². The van der Waals surface area contributed by atoms with Crippen molar-refractivity contribution in [2.75, 3.05) is 0 Å². The third-order valence-corrected chi connectivity index (χ3v) is 4.75. The summed E-state index contributed by atoms with van der Waals surface area (Å²) in [4.78, 5) is 16.5. The number of nitrogens with zero attached hydrogens (tertiary/aromatic N) is 1. The van der Waals surface area contributed by atoms with Crippen LogP contribution in [0.3, 0.4) is 0 Å². The van der Waals surface area contributed by atoms with Crippen LogP contribution >= 0.6 is 11.3 Å². The summed E-state index contributed by atoms with van der Waals surface area (Å²) in [6, 6.07) is 0.317. The fourth-order valence-electron chi connectivity index (χ4n) is 2.49. The topological polar surface area (TPSA) is 54.0 Å². The van der Waals surface area contributed by atoms with Crippen molar-refractivity contribution in [2.45, 2.75) is 64.6 Å². The Kier molecular flexibility index (Phi) is 4.93. The number of nitrogens with one attached hydrogen (secondary N) is 2. The Labute approximate surface area is 119 Å². The van der Waals surface area contributed by atoms with Crippen molar-refractivity contribution in [2.24, 2.45) is 0 Å². The van der Waals surface area contributed by atoms with Gasteiger partial charge in [0.05, 0.1) is 12.1 Å². The summed E-state index contributed by atoms with van der Waals surface area (Å²) in [5.41, 5.74) is 1.04. The Morgan fingerprint density at radius 1 is 1.42 bits per heavy atom. The molecule has 0 spiro atoms. The molecule has 0 saturated heterocycles. The van der Waals surface area contributed by atoms with E-state index in [0.29, 0.717) is 6.04 Å². The molecule has 1 heterocycles. The minimum Gasteiger partial charge on any atom is -0.352 e. The lowest BCUT2D eigenvalue weighted by Gasteiger charge is -2.20. The number of hydrogen-bond acceptors (Lipinski definition) is 4. The summed E-state index contributed by atoms with van der Waals surface area (Å²) < 4.78 is 0. The Morgan fingerprint density at radius 2 is 2.11 bits per heavy atom. The highest BCUT2D eigenvalue weighted by Crippen LogP contribution is 2.19. The van der Waals surface area contributed by atoms with E-state index in [1.54, 1.807) is 11.3 Å². The molecular weight excluding hydrogens is 258 g/mol. The molecule has 1 saturated carbocycles. The van der Waals surface area contributed by atoms with Crippen LogP contribution in [0.1, 0.15) is 56.3 Å². The second-order valence-corrected chi connectivity index (χ2v) is 6.32. The van der Waals surface area contributed by atoms with Crippen molar-refractivity contribution in [3.05, 3.63) is 16.1 Å². The molecule has 106 valence electrons. The zero-order valence-corrected chi connectivity index (χ0v) is 12.7. The number of carbonyl (C=O) groups is 1. The smallest absolute Gasteiger partial charge is 0.237 e. The molecule has 1 aliphatic carbocycles. The third kappa shape index (κ3) is 4.01. The molecule has 5 heteroatoms. The summed E-state index contributed by atoms with van der Waals surface area (Å²) >= 11 is 1.64. The molecule has 0 aromatic carbocycles. The van der Waals surface area contributed by atoms with Gasteiger partial charge in [0.15, 0.2) is 0 Å². The molecule has 0 radical (unpaired) electrons. The summed E-state index contributed by atoms with van der Waals surface area (Å²) in [6.45, 7) is 5.96. The van der Waals surface area contributed by atoms with E-state index in [0.717, 1.165) is 23.5 Å². The van der Waals surface area contributed by atoms with Crippen LogP contribution in [-0.2, 0) is 4.79 Å². The standard InChI is InChI=1S/C14H23N3OS/c1-9-8-19-14(15-9)11(3)16-10(2)13(18)17-12-6-4-5-7-12/h8,10-12,16H,4-7H2,1-3H3,(H,17,18). The first kappa shape index (κ1) is 14.5. The van der Waals surface area contributed by atoms with E-state index < -0.39 is 0 Å². The first-order valence-corrected chi connectivity index (χ1v) is 7.92. The van der Waals surface area contributed by atoms with Gasteiger partial charge in [-0.1, -0.05) is 12.8 Å². The van der Waals surface area contributed by atoms with E-state index in [4.69, 9.17) is 0 Å². The highest BCUT2D eigenvalue weighted by atomic mass is 32.1. The highest BCUT2D eigenvalue weighted by Gasteiger charge is 2.22. The molecule has 19 heavy (non-hydrogen) atoms. The maximum Gasteiger partial charge on any atom is 0.237 e. The molecule has 1 aromatic rings. The van der Waals surface area contributed by atoms with E-state index >= 15 is 0 Å². The van der Waals surface area contributed by atoms with Gasteiger partial charge in [-0.2, -0.15) is 0 Å². The normalized spacial score (nSPS) is 19.3. The molecule has 1 amide bonds. The van der Waals surface area contributed by atoms with E-state index in [9.17, 15) is 4.79 Å². The van der Waals surface area contributed by atoms with Crippen molar-refractivity contribution in [3.8, 4) is 0 Å². The summed E-state index contributed by atoms with van der Waals surface area (Å²) in [6.07, 6.45) is 4.72. The lowest BCUT2D eigenvalue weighted by molar-refractivity contribution is -0.123. The Balaban J connectivity index is 1.82. The van der Waals surface area contributed by atoms with E-state index in [-0.39, 0.29) is 18.0 Å². The van der Waals surface area contributed by atoms with Crippen LogP contribution in [0.4, 0.5) is 0 Å². The van der Waals surface area contributed by atoms with Crippen molar-refractivity contribution in [3.63, 3.8) is 0 Å². The molecule has 1 fully saturated rings. The number of aryl methyl sites for hydroxylation is 1. The Bertz CT molecular complexity index is 426. The minimum atomic E-state index is -0.181. The van der Waals surface area contributed by atoms with Crippen LogP contribution in [0.2, 0.25) is 0 Å². The minimum absolute atomic E-state index is 0.104. The average Bonchev–Trinajstić information content (AvgIpc) is 3.00. The van der Waals surface area contributed by atoms with Crippen LogP contribution in [0.15, 0.2) is 5.38 Å². The lowest BCUT2D eigenvalue weighted by atomic mass is 10.2. The third-order valence-electron chi connectivity index (χ3n) is 3.60. The highest BCUT2D eigenvalue weighted by molar-refractivity contribution is 7.09. The van der Waals surface area contributed by atoms with Crippen molar-refractivity contribution in [1.29, 1.82) is 0 Å². The van der Waals surface area contributed by atoms with Gasteiger partial charge in [0.2, 0.25) is 5.91 Å². The zero-order valence-electron chi connectivity index (χ0n) is 11.9. The second-order valence-electron chi connectivity index (χ2n) is 5.43. The average molecular weight is 281 g/mol. The van der Waals surface area contributed by atoms with Crippen LogP contribution in [-0.4, -0.2) is 23.0 Å². The van der Waals surface area contributed by atoms with Gasteiger partial charge >= 0.3 is 0 Å². The molecule has 0 aliphatic heterocycles. The molecule has 4 nitrogen and oxygen atoms in total. The van der Waals surface area contributed by atoms with Crippen LogP contribution in [0, 0.1) is 6.92 Å². The van der Waals surface area contributed by atoms with Gasteiger partial charge in [0.1, 0.15) is 5.01 Å². The van der Waals surface area contributed by atoms with Crippen molar-refractivity contribution < 1.29 is 4.79 Å². The van der Waals surface area contributed by atoms with E-state index in [1.807, 2.05) is 19.2 Å². The second kappa shape index (κ2) is 6.48. The fourth-order valence-corrected chi connectivity index (χ4v) is 3.30. The number of thiazole rings is 1. The predicted molar refractivity (Wildman–Crippen MR) is 78.3 cm³/mol. The van der Waals surface area contributed by atoms with E-state index in [2.05, 4.69) is 22.5 Å². The van der Waals surface area contributed by atoms with Gasteiger partial charge < -0.3 is 5.32 Å². The lowest BCUT2D eigenvalue weighted by Crippen LogP contribution is -2.46. The summed E-state index contributed by atoms with van der Waals surface area (Å²) in [5.74, 6) is 0.104. The first-order valence-electron chi connectivity index (χ1n) is 7.04. The molecule has 2 atom stereocenters. The fraction of sp³-hybridized carbons (Fsp3) is 0.714. The maximum absolute atomic E-state index is 12.1. The van der Waals surface area contributed by atoms with Crippen LogP contribution < -0.4 is 10.6 Å². The van der Waals surface area contributed by atoms with Crippen molar-refractivity contribution >= 4 is 17.2 Å². The summed E-state index contributed by atoms with van der Waals surface area (Å²) in [5, 5.41) is 9.52. The monoisotopic (exact) mass is 281 g/mol. The molecule has 1 aromatic heterocycles. The van der Waals surface area contributed by atoms with Gasteiger partial charge in [-0.05, 0) is 33.6 Å². The molecule has 0 bridgehead atoms. The number of amides is 1. The van der Waals surface area contributed by atoms with Crippen molar-refractivity contribution in [1.82, 2.24) is 15.6 Å².